The SMILES string of the molecule is CCOc1cncc(-c2sc(C(N)=O)nc2C(CCN(C)C)c2cccc(Br)c2)n1. The van der Waals surface area contributed by atoms with E-state index in [0.717, 1.165) is 33.6 Å². The van der Waals surface area contributed by atoms with Crippen molar-refractivity contribution in [1.82, 2.24) is 19.9 Å². The van der Waals surface area contributed by atoms with Crippen LogP contribution in [0.5, 0.6) is 5.88 Å². The van der Waals surface area contributed by atoms with Crippen molar-refractivity contribution in [2.24, 2.45) is 5.73 Å². The number of rotatable bonds is 9. The van der Waals surface area contributed by atoms with Gasteiger partial charge in [0.05, 0.1) is 29.6 Å². The summed E-state index contributed by atoms with van der Waals surface area (Å²) in [4.78, 5) is 28.3. The largest absolute Gasteiger partial charge is 0.477 e. The number of hydrogen-bond acceptors (Lipinski definition) is 7. The molecule has 7 nitrogen and oxygen atoms in total. The molecule has 1 amide bonds. The molecule has 0 aliphatic heterocycles. The molecule has 2 aromatic heterocycles. The first kappa shape index (κ1) is 22.3. The zero-order valence-corrected chi connectivity index (χ0v) is 19.5. The van der Waals surface area contributed by atoms with Gasteiger partial charge < -0.3 is 15.4 Å². The summed E-state index contributed by atoms with van der Waals surface area (Å²) in [6.07, 6.45) is 4.05. The van der Waals surface area contributed by atoms with Gasteiger partial charge >= 0.3 is 0 Å². The number of aromatic nitrogens is 3. The number of primary amides is 1. The predicted molar refractivity (Wildman–Crippen MR) is 122 cm³/mol. The van der Waals surface area contributed by atoms with Crippen molar-refractivity contribution < 1.29 is 9.53 Å². The lowest BCUT2D eigenvalue weighted by atomic mass is 9.91. The third-order valence-corrected chi connectivity index (χ3v) is 6.05. The number of nitrogens with two attached hydrogens (primary N) is 1. The summed E-state index contributed by atoms with van der Waals surface area (Å²) < 4.78 is 6.49. The number of amides is 1. The van der Waals surface area contributed by atoms with Gasteiger partial charge in [-0.1, -0.05) is 28.1 Å². The molecular weight excluding hydrogens is 466 g/mol. The van der Waals surface area contributed by atoms with Crippen LogP contribution in [0.1, 0.15) is 40.3 Å². The summed E-state index contributed by atoms with van der Waals surface area (Å²) >= 11 is 4.80. The van der Waals surface area contributed by atoms with Crippen molar-refractivity contribution in [1.29, 1.82) is 0 Å². The predicted octanol–water partition coefficient (Wildman–Crippen LogP) is 3.94. The van der Waals surface area contributed by atoms with Crippen LogP contribution in [0.3, 0.4) is 0 Å². The van der Waals surface area contributed by atoms with Crippen LogP contribution < -0.4 is 10.5 Å². The Labute approximate surface area is 188 Å². The van der Waals surface area contributed by atoms with Crippen LogP contribution in [0.2, 0.25) is 0 Å². The lowest BCUT2D eigenvalue weighted by Crippen LogP contribution is -2.17. The second kappa shape index (κ2) is 10.1. The van der Waals surface area contributed by atoms with Crippen molar-refractivity contribution >= 4 is 33.2 Å². The molecule has 3 rings (SSSR count). The monoisotopic (exact) mass is 489 g/mol. The number of ether oxygens (including phenoxy) is 1. The van der Waals surface area contributed by atoms with Gasteiger partial charge in [-0.25, -0.2) is 9.97 Å². The molecule has 3 aromatic rings. The summed E-state index contributed by atoms with van der Waals surface area (Å²) in [5.74, 6) is -0.161. The molecule has 0 radical (unpaired) electrons. The fraction of sp³-hybridized carbons (Fsp3) is 0.333. The highest BCUT2D eigenvalue weighted by Gasteiger charge is 2.26. The lowest BCUT2D eigenvalue weighted by Gasteiger charge is -2.20. The molecule has 1 atom stereocenters. The van der Waals surface area contributed by atoms with Crippen LogP contribution in [-0.4, -0.2) is 53.0 Å². The summed E-state index contributed by atoms with van der Waals surface area (Å²) in [5.41, 5.74) is 8.06. The Hall–Kier alpha value is -2.36. The van der Waals surface area contributed by atoms with E-state index >= 15 is 0 Å². The van der Waals surface area contributed by atoms with Gasteiger partial charge in [0.2, 0.25) is 5.88 Å². The smallest absolute Gasteiger partial charge is 0.277 e. The number of carbonyl (C=O) groups is 1. The summed E-state index contributed by atoms with van der Waals surface area (Å²) in [5, 5.41) is 0.258. The standard InChI is InChI=1S/C21H24BrN5O2S/c1-4-29-17-12-24-11-16(25-17)19-18(26-21(30-19)20(23)28)15(8-9-27(2)3)13-6-5-7-14(22)10-13/h5-7,10-12,15H,4,8-9H2,1-3H3,(H2,23,28). The summed E-state index contributed by atoms with van der Waals surface area (Å²) in [6, 6.07) is 8.13. The van der Waals surface area contributed by atoms with Gasteiger partial charge in [-0.15, -0.1) is 11.3 Å². The highest BCUT2D eigenvalue weighted by Crippen LogP contribution is 2.39. The van der Waals surface area contributed by atoms with Crippen molar-refractivity contribution in [3.63, 3.8) is 0 Å². The fourth-order valence-electron chi connectivity index (χ4n) is 3.10. The molecular formula is C21H24BrN5O2S. The van der Waals surface area contributed by atoms with E-state index in [1.807, 2.05) is 33.2 Å². The first-order chi connectivity index (χ1) is 14.4. The number of thiazole rings is 1. The van der Waals surface area contributed by atoms with Crippen LogP contribution in [0.25, 0.3) is 10.6 Å². The number of halogens is 1. The molecule has 0 fully saturated rings. The maximum absolute atomic E-state index is 11.9. The van der Waals surface area contributed by atoms with Crippen molar-refractivity contribution in [2.45, 2.75) is 19.3 Å². The van der Waals surface area contributed by atoms with Gasteiger partial charge in [0.1, 0.15) is 5.69 Å². The van der Waals surface area contributed by atoms with E-state index in [4.69, 9.17) is 10.5 Å². The zero-order chi connectivity index (χ0) is 21.7. The van der Waals surface area contributed by atoms with E-state index in [1.165, 1.54) is 11.3 Å². The quantitative estimate of drug-likeness (QED) is 0.488. The number of nitrogens with zero attached hydrogens (tertiary/aromatic N) is 4. The average molecular weight is 490 g/mol. The molecule has 9 heteroatoms. The molecule has 1 aromatic carbocycles. The van der Waals surface area contributed by atoms with E-state index in [1.54, 1.807) is 12.4 Å². The van der Waals surface area contributed by atoms with Gasteiger partial charge in [-0.2, -0.15) is 0 Å². The second-order valence-corrected chi connectivity index (χ2v) is 8.89. The van der Waals surface area contributed by atoms with Crippen LogP contribution >= 0.6 is 27.3 Å². The maximum Gasteiger partial charge on any atom is 0.277 e. The minimum absolute atomic E-state index is 0.0400. The highest BCUT2D eigenvalue weighted by atomic mass is 79.9. The Bertz CT molecular complexity index is 1020. The van der Waals surface area contributed by atoms with E-state index < -0.39 is 5.91 Å². The second-order valence-electron chi connectivity index (χ2n) is 6.97. The average Bonchev–Trinajstić information content (AvgIpc) is 3.14. The Morgan fingerprint density at radius 2 is 2.10 bits per heavy atom. The normalized spacial score (nSPS) is 12.2. The van der Waals surface area contributed by atoms with Crippen LogP contribution in [0.4, 0.5) is 0 Å². The molecule has 158 valence electrons. The van der Waals surface area contributed by atoms with Crippen LogP contribution in [-0.2, 0) is 0 Å². The van der Waals surface area contributed by atoms with Crippen molar-refractivity contribution in [2.75, 3.05) is 27.2 Å². The minimum atomic E-state index is -0.554. The van der Waals surface area contributed by atoms with Gasteiger partial charge in [0, 0.05) is 10.4 Å². The van der Waals surface area contributed by atoms with Crippen molar-refractivity contribution in [3.05, 3.63) is 57.4 Å². The molecule has 0 saturated heterocycles. The third-order valence-electron chi connectivity index (χ3n) is 4.45. The Balaban J connectivity index is 2.14. The molecule has 30 heavy (non-hydrogen) atoms. The number of hydrogen-bond donors (Lipinski definition) is 1. The van der Waals surface area contributed by atoms with E-state index in [2.05, 4.69) is 47.9 Å². The van der Waals surface area contributed by atoms with E-state index in [9.17, 15) is 4.79 Å². The number of carbonyl (C=O) groups excluding carboxylic acids is 1. The van der Waals surface area contributed by atoms with Gasteiger partial charge in [0.15, 0.2) is 5.01 Å². The highest BCUT2D eigenvalue weighted by molar-refractivity contribution is 9.10. The third kappa shape index (κ3) is 5.41. The van der Waals surface area contributed by atoms with Gasteiger partial charge in [-0.05, 0) is 51.7 Å². The molecule has 2 heterocycles. The molecule has 0 saturated carbocycles. The molecule has 0 bridgehead atoms. The fourth-order valence-corrected chi connectivity index (χ4v) is 4.45. The van der Waals surface area contributed by atoms with Crippen LogP contribution in [0.15, 0.2) is 41.1 Å². The molecule has 0 aliphatic rings. The van der Waals surface area contributed by atoms with E-state index in [0.29, 0.717) is 18.2 Å². The first-order valence-electron chi connectivity index (χ1n) is 9.55. The maximum atomic E-state index is 11.9. The molecule has 0 spiro atoms. The topological polar surface area (TPSA) is 94.2 Å². The molecule has 0 aliphatic carbocycles. The Morgan fingerprint density at radius 1 is 1.30 bits per heavy atom. The van der Waals surface area contributed by atoms with Crippen LogP contribution in [0, 0.1) is 0 Å². The van der Waals surface area contributed by atoms with Crippen molar-refractivity contribution in [3.8, 4) is 16.5 Å². The Kier molecular flexibility index (Phi) is 7.52. The minimum Gasteiger partial charge on any atom is -0.477 e. The zero-order valence-electron chi connectivity index (χ0n) is 17.1. The molecule has 1 unspecified atom stereocenters. The summed E-state index contributed by atoms with van der Waals surface area (Å²) in [6.45, 7) is 3.23. The lowest BCUT2D eigenvalue weighted by molar-refractivity contribution is 0.0999. The van der Waals surface area contributed by atoms with Gasteiger partial charge in [-0.3, -0.25) is 9.78 Å². The number of benzene rings is 1. The summed E-state index contributed by atoms with van der Waals surface area (Å²) in [7, 11) is 4.07. The van der Waals surface area contributed by atoms with Gasteiger partial charge in [0.25, 0.3) is 5.91 Å². The Morgan fingerprint density at radius 3 is 2.77 bits per heavy atom. The molecule has 2 N–H and O–H groups in total. The van der Waals surface area contributed by atoms with E-state index in [-0.39, 0.29) is 10.9 Å². The first-order valence-corrected chi connectivity index (χ1v) is 11.2.